The second kappa shape index (κ2) is 16.6. The summed E-state index contributed by atoms with van der Waals surface area (Å²) in [7, 11) is 1.18. The van der Waals surface area contributed by atoms with Gasteiger partial charge >= 0.3 is 5.97 Å². The van der Waals surface area contributed by atoms with Crippen LogP contribution in [0.5, 0.6) is 5.75 Å². The van der Waals surface area contributed by atoms with Gasteiger partial charge < -0.3 is 49.6 Å². The first-order valence-corrected chi connectivity index (χ1v) is 14.2. The van der Waals surface area contributed by atoms with Crippen molar-refractivity contribution in [1.29, 1.82) is 0 Å². The van der Waals surface area contributed by atoms with Crippen LogP contribution in [0.2, 0.25) is 0 Å². The lowest BCUT2D eigenvalue weighted by Gasteiger charge is -2.42. The van der Waals surface area contributed by atoms with E-state index in [0.717, 1.165) is 11.8 Å². The number of Topliss-reactive ketones (excluding diaryl/α,β-unsaturated/α-hetero) is 2. The summed E-state index contributed by atoms with van der Waals surface area (Å²) in [6, 6.07) is 6.45. The molecule has 44 heavy (non-hydrogen) atoms. The van der Waals surface area contributed by atoms with E-state index < -0.39 is 67.5 Å². The molecule has 0 aromatic heterocycles. The summed E-state index contributed by atoms with van der Waals surface area (Å²) >= 11 is 0. The molecule has 2 aliphatic rings. The van der Waals surface area contributed by atoms with Crippen LogP contribution in [0.1, 0.15) is 31.2 Å². The van der Waals surface area contributed by atoms with Gasteiger partial charge in [0.15, 0.2) is 6.29 Å². The molecule has 2 heterocycles. The monoisotopic (exact) mass is 620 g/mol. The third-order valence-electron chi connectivity index (χ3n) is 7.47. The highest BCUT2D eigenvalue weighted by molar-refractivity contribution is 5.89. The number of phenolic OH excluding ortho intramolecular Hbond substituents is 1. The highest BCUT2D eigenvalue weighted by atomic mass is 16.8. The molecule has 9 atom stereocenters. The van der Waals surface area contributed by atoms with Gasteiger partial charge in [0.05, 0.1) is 37.6 Å². The molecule has 1 saturated heterocycles. The van der Waals surface area contributed by atoms with E-state index in [9.17, 15) is 45.0 Å². The number of methoxy groups -OCH3 is 1. The summed E-state index contributed by atoms with van der Waals surface area (Å²) in [5.74, 6) is -2.71. The summed E-state index contributed by atoms with van der Waals surface area (Å²) < 4.78 is 21.6. The smallest absolute Gasteiger partial charge is 0.337 e. The molecule has 13 heteroatoms. The Morgan fingerprint density at radius 1 is 1.02 bits per heavy atom. The molecule has 0 amide bonds. The number of hydrogen-bond acceptors (Lipinski definition) is 13. The van der Waals surface area contributed by atoms with E-state index in [2.05, 4.69) is 6.58 Å². The van der Waals surface area contributed by atoms with E-state index >= 15 is 0 Å². The van der Waals surface area contributed by atoms with Crippen LogP contribution in [0.4, 0.5) is 0 Å². The lowest BCUT2D eigenvalue weighted by molar-refractivity contribution is -0.338. The van der Waals surface area contributed by atoms with Gasteiger partial charge in [-0.2, -0.15) is 0 Å². The topological polar surface area (TPSA) is 210 Å². The van der Waals surface area contributed by atoms with Gasteiger partial charge in [0.2, 0.25) is 6.29 Å². The van der Waals surface area contributed by atoms with Crippen molar-refractivity contribution in [2.45, 2.75) is 75.2 Å². The molecule has 4 unspecified atom stereocenters. The molecule has 6 N–H and O–H groups in total. The standard InChI is InChI=1S/C31H40O13/c1-3-22-23(6-4-5-19(34)13-21(36)14-20(35)12-9-17-7-10-18(33)11-8-17)24(29(40)41-2)16-42-30(22)44-31-28(39)27(38)26(37)25(15-32)43-31/h3-4,6-8,10-11,16,21-23,25-28,30-33,36-39H,1,5,9,12-15H2,2H3/b6-4+/t21?,22?,23?,25-,26-,27+,28-,30?,31+/m1/s1. The molecule has 2 aliphatic heterocycles. The fourth-order valence-corrected chi connectivity index (χ4v) is 4.99. The molecule has 242 valence electrons. The second-order valence-corrected chi connectivity index (χ2v) is 10.7. The van der Waals surface area contributed by atoms with Crippen LogP contribution in [0.15, 0.2) is 60.9 Å². The molecule has 0 aliphatic carbocycles. The van der Waals surface area contributed by atoms with Gasteiger partial charge in [0, 0.05) is 31.6 Å². The molecular formula is C31H40O13. The zero-order chi connectivity index (χ0) is 32.4. The molecule has 1 aromatic carbocycles. The Labute approximate surface area is 254 Å². The maximum Gasteiger partial charge on any atom is 0.337 e. The summed E-state index contributed by atoms with van der Waals surface area (Å²) in [6.07, 6.45) is -4.40. The summed E-state index contributed by atoms with van der Waals surface area (Å²) in [4.78, 5) is 37.3. The van der Waals surface area contributed by atoms with E-state index in [4.69, 9.17) is 18.9 Å². The molecule has 0 saturated carbocycles. The molecule has 0 radical (unpaired) electrons. The largest absolute Gasteiger partial charge is 0.508 e. The number of allylic oxidation sites excluding steroid dienone is 2. The van der Waals surface area contributed by atoms with E-state index in [-0.39, 0.29) is 48.6 Å². The number of ether oxygens (including phenoxy) is 4. The normalized spacial score (nSPS) is 29.4. The number of benzene rings is 1. The molecule has 1 aromatic rings. The van der Waals surface area contributed by atoms with Crippen LogP contribution >= 0.6 is 0 Å². The SMILES string of the molecule is C=CC1C(O[C@@H]2O[C@H](CO)[C@@H](O)[C@H](O)[C@H]2O)OC=C(C(=O)OC)C1/C=C/CC(=O)CC(O)CC(=O)CCc1ccc(O)cc1. The Morgan fingerprint density at radius 2 is 1.70 bits per heavy atom. The first-order valence-electron chi connectivity index (χ1n) is 14.2. The fraction of sp³-hybridized carbons (Fsp3) is 0.516. The number of carbonyl (C=O) groups is 3. The van der Waals surface area contributed by atoms with E-state index in [1.165, 1.54) is 31.4 Å². The van der Waals surface area contributed by atoms with Crippen molar-refractivity contribution < 1.29 is 64.0 Å². The molecule has 1 fully saturated rings. The zero-order valence-electron chi connectivity index (χ0n) is 24.3. The second-order valence-electron chi connectivity index (χ2n) is 10.7. The minimum Gasteiger partial charge on any atom is -0.508 e. The lowest BCUT2D eigenvalue weighted by atomic mass is 9.83. The van der Waals surface area contributed by atoms with E-state index in [1.54, 1.807) is 18.2 Å². The third kappa shape index (κ3) is 9.29. The zero-order valence-corrected chi connectivity index (χ0v) is 24.3. The Morgan fingerprint density at radius 3 is 2.34 bits per heavy atom. The van der Waals surface area contributed by atoms with Crippen molar-refractivity contribution in [2.75, 3.05) is 13.7 Å². The maximum absolute atomic E-state index is 12.6. The fourth-order valence-electron chi connectivity index (χ4n) is 4.99. The lowest BCUT2D eigenvalue weighted by Crippen LogP contribution is -2.60. The number of aliphatic hydroxyl groups is 5. The van der Waals surface area contributed by atoms with Gasteiger partial charge in [-0.3, -0.25) is 9.59 Å². The van der Waals surface area contributed by atoms with Crippen molar-refractivity contribution in [1.82, 2.24) is 0 Å². The van der Waals surface area contributed by atoms with Gasteiger partial charge in [-0.05, 0) is 24.1 Å². The van der Waals surface area contributed by atoms with Crippen molar-refractivity contribution in [2.24, 2.45) is 11.8 Å². The highest BCUT2D eigenvalue weighted by Gasteiger charge is 2.47. The van der Waals surface area contributed by atoms with Crippen molar-refractivity contribution >= 4 is 17.5 Å². The van der Waals surface area contributed by atoms with Crippen LogP contribution in [0.25, 0.3) is 0 Å². The first kappa shape index (κ1) is 35.1. The van der Waals surface area contributed by atoms with Gasteiger partial charge in [0.1, 0.15) is 41.7 Å². The Hall–Kier alpha value is -3.43. The minimum atomic E-state index is -1.69. The molecular weight excluding hydrogens is 580 g/mol. The van der Waals surface area contributed by atoms with Gasteiger partial charge in [-0.1, -0.05) is 30.4 Å². The number of phenols is 1. The predicted molar refractivity (Wildman–Crippen MR) is 152 cm³/mol. The average Bonchev–Trinajstić information content (AvgIpc) is 3.00. The number of aromatic hydroxyl groups is 1. The number of esters is 1. The first-order chi connectivity index (χ1) is 21.0. The van der Waals surface area contributed by atoms with Gasteiger partial charge in [-0.25, -0.2) is 4.79 Å². The Balaban J connectivity index is 1.59. The van der Waals surface area contributed by atoms with Crippen LogP contribution < -0.4 is 0 Å². The van der Waals surface area contributed by atoms with Gasteiger partial charge in [0.25, 0.3) is 0 Å². The van der Waals surface area contributed by atoms with Crippen LogP contribution in [0, 0.1) is 11.8 Å². The van der Waals surface area contributed by atoms with Crippen molar-refractivity contribution in [3.8, 4) is 5.75 Å². The Bertz CT molecular complexity index is 1190. The average molecular weight is 621 g/mol. The van der Waals surface area contributed by atoms with Crippen LogP contribution in [-0.2, 0) is 39.8 Å². The van der Waals surface area contributed by atoms with Crippen LogP contribution in [0.3, 0.4) is 0 Å². The number of ketones is 2. The molecule has 3 rings (SSSR count). The highest BCUT2D eigenvalue weighted by Crippen LogP contribution is 2.36. The third-order valence-corrected chi connectivity index (χ3v) is 7.47. The van der Waals surface area contributed by atoms with E-state index in [0.29, 0.717) is 6.42 Å². The Kier molecular flexibility index (Phi) is 13.2. The maximum atomic E-state index is 12.6. The quantitative estimate of drug-likeness (QED) is 0.114. The molecule has 0 spiro atoms. The summed E-state index contributed by atoms with van der Waals surface area (Å²) in [5.41, 5.74) is 0.938. The van der Waals surface area contributed by atoms with Gasteiger partial charge in [-0.15, -0.1) is 6.58 Å². The number of hydrogen-bond donors (Lipinski definition) is 6. The number of aliphatic hydroxyl groups excluding tert-OH is 5. The minimum absolute atomic E-state index is 0.0778. The summed E-state index contributed by atoms with van der Waals surface area (Å²) in [6.45, 7) is 3.12. The van der Waals surface area contributed by atoms with Crippen LogP contribution in [-0.4, -0.2) is 105 Å². The number of carbonyl (C=O) groups excluding carboxylic acids is 3. The molecule has 13 nitrogen and oxygen atoms in total. The predicted octanol–water partition coefficient (Wildman–Crippen LogP) is 0.199. The van der Waals surface area contributed by atoms with Crippen molar-refractivity contribution in [3.63, 3.8) is 0 Å². The molecule has 0 bridgehead atoms. The van der Waals surface area contributed by atoms with E-state index in [1.807, 2.05) is 0 Å². The van der Waals surface area contributed by atoms with Crippen molar-refractivity contribution in [3.05, 3.63) is 66.5 Å². The number of rotatable bonds is 15. The summed E-state index contributed by atoms with van der Waals surface area (Å²) in [5, 5.41) is 59.6. The number of aryl methyl sites for hydroxylation is 1.